The normalized spacial score (nSPS) is 13.9. The number of carboxylic acids is 1. The molecule has 0 bridgehead atoms. The predicted octanol–water partition coefficient (Wildman–Crippen LogP) is 2.16. The second-order valence-corrected chi connectivity index (χ2v) is 5.60. The van der Waals surface area contributed by atoms with Crippen LogP contribution in [0.4, 0.5) is 11.4 Å². The largest absolute Gasteiger partial charge is 0.477 e. The summed E-state index contributed by atoms with van der Waals surface area (Å²) >= 11 is 0. The van der Waals surface area contributed by atoms with E-state index < -0.39 is 38.2 Å². The van der Waals surface area contributed by atoms with Crippen LogP contribution in [0, 0.1) is 27.2 Å². The van der Waals surface area contributed by atoms with Crippen LogP contribution in [0.15, 0.2) is 17.1 Å². The van der Waals surface area contributed by atoms with Crippen LogP contribution in [0.3, 0.4) is 0 Å². The van der Waals surface area contributed by atoms with Crippen molar-refractivity contribution in [2.45, 2.75) is 25.8 Å². The lowest BCUT2D eigenvalue weighted by Gasteiger charge is -2.13. The minimum absolute atomic E-state index is 0.0689. The van der Waals surface area contributed by atoms with Gasteiger partial charge >= 0.3 is 11.7 Å². The van der Waals surface area contributed by atoms with Crippen LogP contribution in [-0.2, 0) is 0 Å². The van der Waals surface area contributed by atoms with E-state index >= 15 is 0 Å². The molecule has 0 saturated heterocycles. The molecule has 1 heterocycles. The lowest BCUT2D eigenvalue weighted by Crippen LogP contribution is -2.20. The molecule has 0 radical (unpaired) electrons. The smallest absolute Gasteiger partial charge is 0.341 e. The third-order valence-electron chi connectivity index (χ3n) is 4.07. The zero-order valence-electron chi connectivity index (χ0n) is 12.4. The molecule has 1 aromatic carbocycles. The maximum absolute atomic E-state index is 12.4. The maximum atomic E-state index is 12.4. The Hall–Kier alpha value is -3.30. The Bertz CT molecular complexity index is 988. The van der Waals surface area contributed by atoms with Crippen LogP contribution in [0.1, 0.15) is 34.8 Å². The monoisotopic (exact) mass is 333 g/mol. The molecule has 0 aliphatic heterocycles. The van der Waals surface area contributed by atoms with E-state index in [0.717, 1.165) is 12.3 Å². The van der Waals surface area contributed by atoms with Crippen molar-refractivity contribution in [3.8, 4) is 0 Å². The minimum atomic E-state index is -1.48. The predicted molar refractivity (Wildman–Crippen MR) is 81.5 cm³/mol. The molecule has 1 aliphatic carbocycles. The molecule has 2 aromatic rings. The Morgan fingerprint density at radius 1 is 1.29 bits per heavy atom. The Kier molecular flexibility index (Phi) is 3.32. The summed E-state index contributed by atoms with van der Waals surface area (Å²) in [5.74, 6) is -1.48. The van der Waals surface area contributed by atoms with Gasteiger partial charge in [0.15, 0.2) is 0 Å². The number of nitro groups is 2. The van der Waals surface area contributed by atoms with E-state index in [-0.39, 0.29) is 22.5 Å². The molecule has 0 amide bonds. The van der Waals surface area contributed by atoms with E-state index in [4.69, 9.17) is 0 Å². The van der Waals surface area contributed by atoms with Gasteiger partial charge in [0, 0.05) is 18.3 Å². The molecule has 1 saturated carbocycles. The third-order valence-corrected chi connectivity index (χ3v) is 4.07. The second kappa shape index (κ2) is 5.11. The van der Waals surface area contributed by atoms with Gasteiger partial charge < -0.3 is 9.67 Å². The Morgan fingerprint density at radius 2 is 1.92 bits per heavy atom. The van der Waals surface area contributed by atoms with Crippen molar-refractivity contribution < 1.29 is 19.7 Å². The average Bonchev–Trinajstić information content (AvgIpc) is 3.30. The molecule has 24 heavy (non-hydrogen) atoms. The van der Waals surface area contributed by atoms with Crippen LogP contribution >= 0.6 is 0 Å². The number of nitro benzene ring substituents is 2. The molecule has 0 atom stereocenters. The van der Waals surface area contributed by atoms with Crippen molar-refractivity contribution in [1.29, 1.82) is 0 Å². The second-order valence-electron chi connectivity index (χ2n) is 5.60. The fourth-order valence-electron chi connectivity index (χ4n) is 2.79. The standard InChI is InChI=1S/C14H11N3O7/c1-6-10(16(21)22)4-8-12(11(6)17(23)24)15(7-2-3-7)5-9(13(8)18)14(19)20/h4-5,7H,2-3H2,1H3,(H,19,20). The lowest BCUT2D eigenvalue weighted by molar-refractivity contribution is -0.394. The van der Waals surface area contributed by atoms with E-state index in [1.807, 2.05) is 0 Å². The fraction of sp³-hybridized carbons (Fsp3) is 0.286. The van der Waals surface area contributed by atoms with Crippen molar-refractivity contribution in [2.24, 2.45) is 0 Å². The highest BCUT2D eigenvalue weighted by Crippen LogP contribution is 2.42. The van der Waals surface area contributed by atoms with Gasteiger partial charge in [-0.1, -0.05) is 0 Å². The molecule has 0 spiro atoms. The minimum Gasteiger partial charge on any atom is -0.477 e. The quantitative estimate of drug-likeness (QED) is 0.666. The van der Waals surface area contributed by atoms with Gasteiger partial charge in [0.05, 0.1) is 15.2 Å². The third kappa shape index (κ3) is 2.19. The molecule has 1 fully saturated rings. The summed E-state index contributed by atoms with van der Waals surface area (Å²) in [5.41, 5.74) is -2.91. The average molecular weight is 333 g/mol. The zero-order valence-corrected chi connectivity index (χ0v) is 12.4. The highest BCUT2D eigenvalue weighted by atomic mass is 16.6. The number of carboxylic acid groups (broad SMARTS) is 1. The van der Waals surface area contributed by atoms with Crippen LogP contribution in [-0.4, -0.2) is 25.5 Å². The molecule has 10 heteroatoms. The van der Waals surface area contributed by atoms with Gasteiger partial charge in [-0.15, -0.1) is 0 Å². The van der Waals surface area contributed by atoms with E-state index in [1.165, 1.54) is 11.5 Å². The number of rotatable bonds is 4. The summed E-state index contributed by atoms with van der Waals surface area (Å²) in [6.45, 7) is 1.24. The summed E-state index contributed by atoms with van der Waals surface area (Å²) < 4.78 is 1.38. The summed E-state index contributed by atoms with van der Waals surface area (Å²) in [7, 11) is 0. The number of hydrogen-bond acceptors (Lipinski definition) is 6. The van der Waals surface area contributed by atoms with Crippen molar-refractivity contribution in [3.63, 3.8) is 0 Å². The molecule has 124 valence electrons. The first-order chi connectivity index (χ1) is 11.2. The van der Waals surface area contributed by atoms with Crippen molar-refractivity contribution in [2.75, 3.05) is 0 Å². The lowest BCUT2D eigenvalue weighted by atomic mass is 10.0. The van der Waals surface area contributed by atoms with Crippen LogP contribution in [0.5, 0.6) is 0 Å². The summed E-state index contributed by atoms with van der Waals surface area (Å²) in [6.07, 6.45) is 2.46. The number of aromatic nitrogens is 1. The van der Waals surface area contributed by atoms with Crippen LogP contribution < -0.4 is 5.43 Å². The number of pyridine rings is 1. The first kappa shape index (κ1) is 15.6. The molecule has 10 nitrogen and oxygen atoms in total. The number of benzene rings is 1. The van der Waals surface area contributed by atoms with Gasteiger partial charge in [-0.3, -0.25) is 25.0 Å². The SMILES string of the molecule is Cc1c([N+](=O)[O-])cc2c(=O)c(C(=O)O)cn(C3CC3)c2c1[N+](=O)[O-]. The Labute approximate surface area is 133 Å². The molecular formula is C14H11N3O7. The highest BCUT2D eigenvalue weighted by molar-refractivity contribution is 5.97. The van der Waals surface area contributed by atoms with Gasteiger partial charge in [0.25, 0.3) is 5.69 Å². The molecule has 1 aliphatic rings. The Balaban J connectivity index is 2.59. The summed E-state index contributed by atoms with van der Waals surface area (Å²) in [6, 6.07) is 0.761. The van der Waals surface area contributed by atoms with E-state index in [9.17, 15) is 34.9 Å². The van der Waals surface area contributed by atoms with Gasteiger partial charge in [-0.05, 0) is 19.8 Å². The summed E-state index contributed by atoms with van der Waals surface area (Å²) in [4.78, 5) is 44.7. The van der Waals surface area contributed by atoms with E-state index in [1.54, 1.807) is 0 Å². The maximum Gasteiger partial charge on any atom is 0.341 e. The molecule has 1 aromatic heterocycles. The Morgan fingerprint density at radius 3 is 2.38 bits per heavy atom. The van der Waals surface area contributed by atoms with Crippen molar-refractivity contribution >= 4 is 28.2 Å². The van der Waals surface area contributed by atoms with Gasteiger partial charge in [0.2, 0.25) is 5.43 Å². The number of carbonyl (C=O) groups is 1. The van der Waals surface area contributed by atoms with Gasteiger partial charge in [0.1, 0.15) is 16.6 Å². The van der Waals surface area contributed by atoms with Crippen molar-refractivity contribution in [1.82, 2.24) is 4.57 Å². The first-order valence-corrected chi connectivity index (χ1v) is 6.98. The van der Waals surface area contributed by atoms with Gasteiger partial charge in [-0.25, -0.2) is 4.79 Å². The number of fused-ring (bicyclic) bond motifs is 1. The fourth-order valence-corrected chi connectivity index (χ4v) is 2.79. The van der Waals surface area contributed by atoms with Crippen molar-refractivity contribution in [3.05, 3.63) is 53.8 Å². The molecule has 3 rings (SSSR count). The molecule has 0 unspecified atom stereocenters. The topological polar surface area (TPSA) is 146 Å². The van der Waals surface area contributed by atoms with E-state index in [2.05, 4.69) is 0 Å². The van der Waals surface area contributed by atoms with Gasteiger partial charge in [-0.2, -0.15) is 0 Å². The number of nitrogens with zero attached hydrogens (tertiary/aromatic N) is 3. The number of aromatic carboxylic acids is 1. The highest BCUT2D eigenvalue weighted by Gasteiger charge is 2.34. The summed E-state index contributed by atoms with van der Waals surface area (Å²) in [5, 5.41) is 31.5. The zero-order chi connectivity index (χ0) is 17.8. The van der Waals surface area contributed by atoms with Crippen LogP contribution in [0.25, 0.3) is 10.9 Å². The van der Waals surface area contributed by atoms with E-state index in [0.29, 0.717) is 12.8 Å². The first-order valence-electron chi connectivity index (χ1n) is 6.98. The van der Waals surface area contributed by atoms with Crippen LogP contribution in [0.2, 0.25) is 0 Å². The number of hydrogen-bond donors (Lipinski definition) is 1. The molecular weight excluding hydrogens is 322 g/mol. The molecule has 1 N–H and O–H groups in total.